The summed E-state index contributed by atoms with van der Waals surface area (Å²) in [7, 11) is 0. The van der Waals surface area contributed by atoms with E-state index in [-0.39, 0.29) is 12.2 Å². The third-order valence-electron chi connectivity index (χ3n) is 7.62. The van der Waals surface area contributed by atoms with Crippen LogP contribution >= 0.6 is 0 Å². The second-order valence-corrected chi connectivity index (χ2v) is 10.7. The quantitative estimate of drug-likeness (QED) is 0.140. The molecule has 9 atom stereocenters. The second-order valence-electron chi connectivity index (χ2n) is 10.7. The topological polar surface area (TPSA) is 220 Å². The molecule has 4 rings (SSSR count). The van der Waals surface area contributed by atoms with E-state index < -0.39 is 66.5 Å². The number of ether oxygens (including phenoxy) is 3. The Kier molecular flexibility index (Phi) is 11.2. The summed E-state index contributed by atoms with van der Waals surface area (Å²) >= 11 is 0. The predicted octanol–water partition coefficient (Wildman–Crippen LogP) is -0.949. The highest BCUT2D eigenvalue weighted by molar-refractivity contribution is 5.07. The van der Waals surface area contributed by atoms with Gasteiger partial charge in [-0.15, -0.1) is 5.10 Å². The van der Waals surface area contributed by atoms with Gasteiger partial charge in [-0.25, -0.2) is 4.79 Å². The van der Waals surface area contributed by atoms with E-state index in [2.05, 4.69) is 22.2 Å². The molecule has 0 saturated carbocycles. The third kappa shape index (κ3) is 7.48. The fraction of sp³-hybridized carbons (Fsp3) is 0.769. The van der Waals surface area contributed by atoms with Crippen LogP contribution in [0.2, 0.25) is 0 Å². The molecule has 15 nitrogen and oxygen atoms in total. The monoisotopic (exact) mass is 582 g/mol. The zero-order valence-electron chi connectivity index (χ0n) is 23.2. The first-order valence-corrected chi connectivity index (χ1v) is 14.3. The molecular formula is C26H42N6O9. The van der Waals surface area contributed by atoms with Crippen molar-refractivity contribution in [1.82, 2.24) is 24.5 Å². The molecule has 0 amide bonds. The van der Waals surface area contributed by atoms with Crippen LogP contribution in [0.3, 0.4) is 0 Å². The van der Waals surface area contributed by atoms with E-state index in [1.165, 1.54) is 32.1 Å². The standard InChI is InChI=1S/C26H42N6O9/c1-2-3-4-5-6-7-8-9-11-31-14-15(29-30-31)22(41-25-21(37)18(34)16(13-27)39-25)23-19(35)20(36)24(40-23)32-12-10-17(33)28-26(32)38/h10,12,14,16,18-25,34-37H,2-9,11,13,27H2,1H3,(H,28,33,38)/t16-,18-,19+,20-,21-,22+,23+,24-,25+/m1/s1. The van der Waals surface area contributed by atoms with Crippen molar-refractivity contribution >= 4 is 0 Å². The van der Waals surface area contributed by atoms with E-state index in [1.54, 1.807) is 10.9 Å². The molecule has 2 saturated heterocycles. The normalized spacial score (nSPS) is 30.7. The summed E-state index contributed by atoms with van der Waals surface area (Å²) in [5.74, 6) is 0. The summed E-state index contributed by atoms with van der Waals surface area (Å²) < 4.78 is 20.1. The van der Waals surface area contributed by atoms with Crippen molar-refractivity contribution < 1.29 is 34.6 Å². The molecule has 230 valence electrons. The summed E-state index contributed by atoms with van der Waals surface area (Å²) in [5.41, 5.74) is 4.37. The van der Waals surface area contributed by atoms with Gasteiger partial charge in [0, 0.05) is 25.4 Å². The van der Waals surface area contributed by atoms with Gasteiger partial charge in [-0.05, 0) is 6.42 Å². The molecule has 2 aromatic rings. The van der Waals surface area contributed by atoms with Crippen molar-refractivity contribution in [1.29, 1.82) is 0 Å². The molecule has 2 aliphatic heterocycles. The largest absolute Gasteiger partial charge is 0.387 e. The minimum atomic E-state index is -1.58. The van der Waals surface area contributed by atoms with Crippen LogP contribution in [0.5, 0.6) is 0 Å². The van der Waals surface area contributed by atoms with E-state index in [9.17, 15) is 30.0 Å². The van der Waals surface area contributed by atoms with E-state index in [4.69, 9.17) is 19.9 Å². The first-order chi connectivity index (χ1) is 19.7. The van der Waals surface area contributed by atoms with Gasteiger partial charge >= 0.3 is 5.69 Å². The van der Waals surface area contributed by atoms with Gasteiger partial charge in [0.05, 0.1) is 6.20 Å². The Morgan fingerprint density at radius 1 is 1.00 bits per heavy atom. The van der Waals surface area contributed by atoms with Gasteiger partial charge in [0.1, 0.15) is 48.4 Å². The number of aliphatic hydroxyl groups excluding tert-OH is 4. The van der Waals surface area contributed by atoms with E-state index in [0.717, 1.165) is 36.1 Å². The van der Waals surface area contributed by atoms with Crippen LogP contribution < -0.4 is 17.0 Å². The number of hydrogen-bond acceptors (Lipinski definition) is 12. The predicted molar refractivity (Wildman–Crippen MR) is 143 cm³/mol. The fourth-order valence-electron chi connectivity index (χ4n) is 5.24. The van der Waals surface area contributed by atoms with Crippen molar-refractivity contribution in [3.05, 3.63) is 45.0 Å². The molecule has 0 spiro atoms. The lowest BCUT2D eigenvalue weighted by Gasteiger charge is -2.28. The maximum atomic E-state index is 12.4. The number of nitrogens with zero attached hydrogens (tertiary/aromatic N) is 4. The minimum Gasteiger partial charge on any atom is -0.387 e. The van der Waals surface area contributed by atoms with Gasteiger partial charge in [-0.2, -0.15) is 0 Å². The summed E-state index contributed by atoms with van der Waals surface area (Å²) in [6.07, 6.45) is -0.102. The van der Waals surface area contributed by atoms with Crippen LogP contribution in [-0.4, -0.2) is 94.4 Å². The highest BCUT2D eigenvalue weighted by atomic mass is 16.7. The molecule has 15 heteroatoms. The smallest absolute Gasteiger partial charge is 0.330 e. The number of hydrogen-bond donors (Lipinski definition) is 6. The van der Waals surface area contributed by atoms with Gasteiger partial charge in [-0.3, -0.25) is 19.0 Å². The highest BCUT2D eigenvalue weighted by Gasteiger charge is 2.52. The molecule has 4 heterocycles. The average molecular weight is 583 g/mol. The van der Waals surface area contributed by atoms with Crippen LogP contribution in [0, 0.1) is 0 Å². The number of nitrogens with one attached hydrogen (secondary N) is 1. The Morgan fingerprint density at radius 2 is 1.71 bits per heavy atom. The number of rotatable bonds is 15. The molecule has 0 bridgehead atoms. The first-order valence-electron chi connectivity index (χ1n) is 14.3. The van der Waals surface area contributed by atoms with Crippen LogP contribution in [-0.2, 0) is 20.8 Å². The molecule has 0 unspecified atom stereocenters. The summed E-state index contributed by atoms with van der Waals surface area (Å²) in [5, 5.41) is 50.9. The number of aromatic nitrogens is 5. The lowest BCUT2D eigenvalue weighted by Crippen LogP contribution is -2.40. The Morgan fingerprint density at radius 3 is 2.37 bits per heavy atom. The van der Waals surface area contributed by atoms with Gasteiger partial charge in [0.15, 0.2) is 12.5 Å². The molecule has 0 aromatic carbocycles. The molecule has 0 radical (unpaired) electrons. The lowest BCUT2D eigenvalue weighted by molar-refractivity contribution is -0.224. The van der Waals surface area contributed by atoms with Gasteiger partial charge in [0.2, 0.25) is 0 Å². The molecule has 7 N–H and O–H groups in total. The van der Waals surface area contributed by atoms with Gasteiger partial charge in [-0.1, -0.05) is 57.1 Å². The Bertz CT molecular complexity index is 1200. The number of aryl methyl sites for hydroxylation is 1. The molecule has 41 heavy (non-hydrogen) atoms. The Balaban J connectivity index is 1.49. The zero-order valence-corrected chi connectivity index (χ0v) is 23.2. The summed E-state index contributed by atoms with van der Waals surface area (Å²) in [6.45, 7) is 2.71. The average Bonchev–Trinajstić information content (AvgIpc) is 3.62. The van der Waals surface area contributed by atoms with Crippen LogP contribution in [0.1, 0.15) is 76.3 Å². The van der Waals surface area contributed by atoms with Gasteiger partial charge < -0.3 is 40.4 Å². The van der Waals surface area contributed by atoms with Crippen molar-refractivity contribution in [3.63, 3.8) is 0 Å². The fourth-order valence-corrected chi connectivity index (χ4v) is 5.24. The van der Waals surface area contributed by atoms with Crippen LogP contribution in [0.15, 0.2) is 28.0 Å². The summed E-state index contributed by atoms with van der Waals surface area (Å²) in [4.78, 5) is 25.9. The zero-order chi connectivity index (χ0) is 29.5. The maximum absolute atomic E-state index is 12.4. The molecule has 2 fully saturated rings. The first kappa shape index (κ1) is 31.4. The van der Waals surface area contributed by atoms with Crippen molar-refractivity contribution in [2.45, 2.75) is 120 Å². The number of aliphatic hydroxyl groups is 4. The van der Waals surface area contributed by atoms with Crippen LogP contribution in [0.25, 0.3) is 0 Å². The van der Waals surface area contributed by atoms with E-state index >= 15 is 0 Å². The van der Waals surface area contributed by atoms with Crippen molar-refractivity contribution in [3.8, 4) is 0 Å². The number of H-pyrrole nitrogens is 1. The molecule has 2 aromatic heterocycles. The minimum absolute atomic E-state index is 0.0734. The lowest BCUT2D eigenvalue weighted by atomic mass is 10.0. The number of nitrogens with two attached hydrogens (primary N) is 1. The molecule has 2 aliphatic rings. The molecular weight excluding hydrogens is 540 g/mol. The van der Waals surface area contributed by atoms with E-state index in [1.807, 2.05) is 0 Å². The Hall–Kier alpha value is -2.50. The Labute approximate surface area is 236 Å². The van der Waals surface area contributed by atoms with Crippen molar-refractivity contribution in [2.75, 3.05) is 6.54 Å². The van der Waals surface area contributed by atoms with E-state index in [0.29, 0.717) is 6.54 Å². The highest BCUT2D eigenvalue weighted by Crippen LogP contribution is 2.39. The van der Waals surface area contributed by atoms with Gasteiger partial charge in [0.25, 0.3) is 5.56 Å². The summed E-state index contributed by atoms with van der Waals surface area (Å²) in [6, 6.07) is 1.08. The molecule has 0 aliphatic carbocycles. The van der Waals surface area contributed by atoms with Crippen molar-refractivity contribution in [2.24, 2.45) is 5.73 Å². The number of aromatic amines is 1. The van der Waals surface area contributed by atoms with Crippen LogP contribution in [0.4, 0.5) is 0 Å². The second kappa shape index (κ2) is 14.6. The number of unbranched alkanes of at least 4 members (excludes halogenated alkanes) is 7. The SMILES string of the molecule is CCCCCCCCCCn1cc([C@H](O[C@@H]2O[C@H](CN)[C@@H](O)[C@H]2O)[C@H]2O[C@@H](n3ccc(=O)[nH]c3=O)[C@H](O)[C@@H]2O)nn1. The maximum Gasteiger partial charge on any atom is 0.330 e. The third-order valence-corrected chi connectivity index (χ3v) is 7.62.